The highest BCUT2D eigenvalue weighted by atomic mass is 16.5. The summed E-state index contributed by atoms with van der Waals surface area (Å²) in [6.07, 6.45) is 2.65. The summed E-state index contributed by atoms with van der Waals surface area (Å²) in [7, 11) is 0. The molecule has 2 N–H and O–H groups in total. The molecule has 0 unspecified atom stereocenters. The van der Waals surface area contributed by atoms with E-state index in [2.05, 4.69) is 19.2 Å². The van der Waals surface area contributed by atoms with Crippen molar-refractivity contribution in [3.8, 4) is 5.75 Å². The standard InChI is InChI=1S/C20H29NO4/c1-13(2)8-9-25-18-10-14(3)4-5-17(18)12-21-19(22)15-6-7-16(11-15)20(23)24/h4-5,10,13,15-16H,6-9,11-12H2,1-3H3,(H,21,22)(H,23,24)/t15-,16+/m1/s1. The highest BCUT2D eigenvalue weighted by Crippen LogP contribution is 2.31. The second-order valence-corrected chi connectivity index (χ2v) is 7.41. The maximum Gasteiger partial charge on any atom is 0.306 e. The lowest BCUT2D eigenvalue weighted by molar-refractivity contribution is -0.141. The first-order chi connectivity index (χ1) is 11.9. The van der Waals surface area contributed by atoms with Gasteiger partial charge in [-0.05, 0) is 50.2 Å². The first kappa shape index (κ1) is 19.3. The fourth-order valence-corrected chi connectivity index (χ4v) is 3.12. The van der Waals surface area contributed by atoms with Crippen LogP contribution in [0, 0.1) is 24.7 Å². The molecule has 5 heteroatoms. The second-order valence-electron chi connectivity index (χ2n) is 7.41. The molecule has 1 fully saturated rings. The average molecular weight is 347 g/mol. The van der Waals surface area contributed by atoms with Crippen molar-refractivity contribution in [3.63, 3.8) is 0 Å². The molecule has 0 bridgehead atoms. The van der Waals surface area contributed by atoms with Crippen LogP contribution in [0.4, 0.5) is 0 Å². The third-order valence-corrected chi connectivity index (χ3v) is 4.78. The smallest absolute Gasteiger partial charge is 0.306 e. The van der Waals surface area contributed by atoms with Crippen molar-refractivity contribution in [2.45, 2.75) is 53.0 Å². The summed E-state index contributed by atoms with van der Waals surface area (Å²) in [5.41, 5.74) is 2.07. The second kappa shape index (κ2) is 8.88. The van der Waals surface area contributed by atoms with Gasteiger partial charge in [-0.2, -0.15) is 0 Å². The summed E-state index contributed by atoms with van der Waals surface area (Å²) < 4.78 is 5.91. The first-order valence-electron chi connectivity index (χ1n) is 9.09. The van der Waals surface area contributed by atoms with Gasteiger partial charge in [-0.25, -0.2) is 0 Å². The van der Waals surface area contributed by atoms with Crippen LogP contribution in [0.3, 0.4) is 0 Å². The lowest BCUT2D eigenvalue weighted by Gasteiger charge is -2.15. The van der Waals surface area contributed by atoms with Crippen molar-refractivity contribution in [3.05, 3.63) is 29.3 Å². The number of ether oxygens (including phenoxy) is 1. The predicted octanol–water partition coefficient (Wildman–Crippen LogP) is 3.54. The van der Waals surface area contributed by atoms with Crippen molar-refractivity contribution < 1.29 is 19.4 Å². The van der Waals surface area contributed by atoms with Crippen LogP contribution in [0.2, 0.25) is 0 Å². The summed E-state index contributed by atoms with van der Waals surface area (Å²) in [5.74, 6) is -0.0395. The van der Waals surface area contributed by atoms with E-state index in [1.807, 2.05) is 25.1 Å². The number of carboxylic acids is 1. The molecule has 0 spiro atoms. The Morgan fingerprint density at radius 3 is 2.64 bits per heavy atom. The third kappa shape index (κ3) is 5.76. The lowest BCUT2D eigenvalue weighted by atomic mass is 10.0. The van der Waals surface area contributed by atoms with Crippen LogP contribution in [0.1, 0.15) is 50.7 Å². The number of benzene rings is 1. The lowest BCUT2D eigenvalue weighted by Crippen LogP contribution is -2.29. The van der Waals surface area contributed by atoms with E-state index in [0.29, 0.717) is 38.3 Å². The molecular formula is C20H29NO4. The zero-order chi connectivity index (χ0) is 18.4. The van der Waals surface area contributed by atoms with Crippen molar-refractivity contribution >= 4 is 11.9 Å². The van der Waals surface area contributed by atoms with Crippen LogP contribution in [0.25, 0.3) is 0 Å². The number of hydrogen-bond donors (Lipinski definition) is 2. The minimum absolute atomic E-state index is 0.0579. The molecule has 1 aliphatic carbocycles. The Hall–Kier alpha value is -2.04. The molecule has 0 aliphatic heterocycles. The molecule has 1 aromatic carbocycles. The van der Waals surface area contributed by atoms with Gasteiger partial charge in [-0.15, -0.1) is 0 Å². The van der Waals surface area contributed by atoms with Gasteiger partial charge in [0.25, 0.3) is 0 Å². The van der Waals surface area contributed by atoms with Gasteiger partial charge < -0.3 is 15.2 Å². The van der Waals surface area contributed by atoms with Gasteiger partial charge in [0.05, 0.1) is 12.5 Å². The molecule has 2 rings (SSSR count). The normalized spacial score (nSPS) is 19.8. The van der Waals surface area contributed by atoms with E-state index in [-0.39, 0.29) is 17.7 Å². The number of carbonyl (C=O) groups excluding carboxylic acids is 1. The summed E-state index contributed by atoms with van der Waals surface area (Å²) in [4.78, 5) is 23.3. The Kier molecular flexibility index (Phi) is 6.85. The zero-order valence-corrected chi connectivity index (χ0v) is 15.4. The van der Waals surface area contributed by atoms with E-state index in [1.165, 1.54) is 0 Å². The number of aryl methyl sites for hydroxylation is 1. The molecule has 1 amide bonds. The number of aliphatic carboxylic acids is 1. The topological polar surface area (TPSA) is 75.6 Å². The third-order valence-electron chi connectivity index (χ3n) is 4.78. The van der Waals surface area contributed by atoms with Crippen molar-refractivity contribution in [1.29, 1.82) is 0 Å². The zero-order valence-electron chi connectivity index (χ0n) is 15.4. The monoisotopic (exact) mass is 347 g/mol. The summed E-state index contributed by atoms with van der Waals surface area (Å²) >= 11 is 0. The molecule has 1 saturated carbocycles. The summed E-state index contributed by atoms with van der Waals surface area (Å²) in [6.45, 7) is 7.40. The molecule has 2 atom stereocenters. The van der Waals surface area contributed by atoms with E-state index < -0.39 is 5.97 Å². The number of rotatable bonds is 8. The molecule has 0 radical (unpaired) electrons. The van der Waals surface area contributed by atoms with E-state index in [1.54, 1.807) is 0 Å². The Morgan fingerprint density at radius 2 is 2.00 bits per heavy atom. The maximum absolute atomic E-state index is 12.3. The van der Waals surface area contributed by atoms with Gasteiger partial charge in [0.15, 0.2) is 0 Å². The molecule has 25 heavy (non-hydrogen) atoms. The minimum Gasteiger partial charge on any atom is -0.493 e. The Morgan fingerprint density at radius 1 is 1.28 bits per heavy atom. The predicted molar refractivity (Wildman–Crippen MR) is 96.4 cm³/mol. The molecule has 138 valence electrons. The van der Waals surface area contributed by atoms with Gasteiger partial charge in [-0.1, -0.05) is 26.0 Å². The van der Waals surface area contributed by atoms with Crippen LogP contribution in [0.5, 0.6) is 5.75 Å². The van der Waals surface area contributed by atoms with Crippen LogP contribution >= 0.6 is 0 Å². The number of hydrogen-bond acceptors (Lipinski definition) is 3. The average Bonchev–Trinajstić information content (AvgIpc) is 3.04. The molecule has 0 heterocycles. The highest BCUT2D eigenvalue weighted by Gasteiger charge is 2.33. The van der Waals surface area contributed by atoms with Crippen LogP contribution < -0.4 is 10.1 Å². The van der Waals surface area contributed by atoms with E-state index in [0.717, 1.165) is 23.3 Å². The molecule has 0 saturated heterocycles. The van der Waals surface area contributed by atoms with Crippen LogP contribution in [-0.2, 0) is 16.1 Å². The number of carbonyl (C=O) groups is 2. The number of amides is 1. The summed E-state index contributed by atoms with van der Waals surface area (Å²) in [5, 5.41) is 12.0. The fourth-order valence-electron chi connectivity index (χ4n) is 3.12. The largest absolute Gasteiger partial charge is 0.493 e. The van der Waals surface area contributed by atoms with E-state index >= 15 is 0 Å². The van der Waals surface area contributed by atoms with Crippen molar-refractivity contribution in [2.24, 2.45) is 17.8 Å². The highest BCUT2D eigenvalue weighted by molar-refractivity contribution is 5.80. The minimum atomic E-state index is -0.797. The first-order valence-corrected chi connectivity index (χ1v) is 9.09. The van der Waals surface area contributed by atoms with Gasteiger partial charge in [0, 0.05) is 18.0 Å². The maximum atomic E-state index is 12.3. The van der Waals surface area contributed by atoms with Crippen LogP contribution in [-0.4, -0.2) is 23.6 Å². The Labute approximate surface area is 149 Å². The Bertz CT molecular complexity index is 612. The van der Waals surface area contributed by atoms with Gasteiger partial charge in [0.2, 0.25) is 5.91 Å². The molecule has 1 aliphatic rings. The van der Waals surface area contributed by atoms with Gasteiger partial charge >= 0.3 is 5.97 Å². The van der Waals surface area contributed by atoms with E-state index in [4.69, 9.17) is 9.84 Å². The van der Waals surface area contributed by atoms with Crippen LogP contribution in [0.15, 0.2) is 18.2 Å². The molecular weight excluding hydrogens is 318 g/mol. The molecule has 0 aromatic heterocycles. The SMILES string of the molecule is Cc1ccc(CNC(=O)[C@@H]2CC[C@H](C(=O)O)C2)c(OCCC(C)C)c1. The Balaban J connectivity index is 1.91. The molecule has 1 aromatic rings. The van der Waals surface area contributed by atoms with Gasteiger partial charge in [0.1, 0.15) is 5.75 Å². The van der Waals surface area contributed by atoms with Gasteiger partial charge in [-0.3, -0.25) is 9.59 Å². The molecule has 5 nitrogen and oxygen atoms in total. The fraction of sp³-hybridized carbons (Fsp3) is 0.600. The summed E-state index contributed by atoms with van der Waals surface area (Å²) in [6, 6.07) is 5.99. The quantitative estimate of drug-likeness (QED) is 0.754. The number of carboxylic acid groups (broad SMARTS) is 1. The van der Waals surface area contributed by atoms with Crippen molar-refractivity contribution in [1.82, 2.24) is 5.32 Å². The van der Waals surface area contributed by atoms with E-state index in [9.17, 15) is 9.59 Å². The van der Waals surface area contributed by atoms with Crippen molar-refractivity contribution in [2.75, 3.05) is 6.61 Å². The number of nitrogens with one attached hydrogen (secondary N) is 1.